The van der Waals surface area contributed by atoms with E-state index in [2.05, 4.69) is 27.5 Å². The highest BCUT2D eigenvalue weighted by molar-refractivity contribution is 6.30. The van der Waals surface area contributed by atoms with Crippen LogP contribution in [0, 0.1) is 0 Å². The molecule has 2 N–H and O–H groups in total. The molecule has 0 bridgehead atoms. The van der Waals surface area contributed by atoms with Crippen LogP contribution in [0.3, 0.4) is 0 Å². The molecule has 24 heavy (non-hydrogen) atoms. The lowest BCUT2D eigenvalue weighted by Gasteiger charge is -2.11. The van der Waals surface area contributed by atoms with Gasteiger partial charge in [-0.1, -0.05) is 54.9 Å². The Bertz CT molecular complexity index is 805. The quantitative estimate of drug-likeness (QED) is 0.635. The first-order valence-electron chi connectivity index (χ1n) is 7.95. The largest absolute Gasteiger partial charge is 0.354 e. The van der Waals surface area contributed by atoms with Crippen LogP contribution in [-0.4, -0.2) is 16.5 Å². The molecular weight excluding hydrogens is 320 g/mol. The standard InChI is InChI=1S/C19H19ClN4/c1-2-11-21-19-23-17(14-7-4-3-5-8-14)13-18(24-19)22-16-10-6-9-15(20)12-16/h3-10,12-13H,2,11H2,1H3,(H2,21,22,23,24). The first kappa shape index (κ1) is 16.3. The fourth-order valence-electron chi connectivity index (χ4n) is 2.30. The number of nitrogens with one attached hydrogen (secondary N) is 2. The number of halogens is 1. The van der Waals surface area contributed by atoms with Crippen molar-refractivity contribution in [2.24, 2.45) is 0 Å². The van der Waals surface area contributed by atoms with Gasteiger partial charge in [-0.05, 0) is 24.6 Å². The third-order valence-electron chi connectivity index (χ3n) is 3.43. The Balaban J connectivity index is 1.95. The highest BCUT2D eigenvalue weighted by Gasteiger charge is 2.07. The van der Waals surface area contributed by atoms with Gasteiger partial charge in [0.25, 0.3) is 0 Å². The van der Waals surface area contributed by atoms with Gasteiger partial charge in [0.2, 0.25) is 5.95 Å². The lowest BCUT2D eigenvalue weighted by atomic mass is 10.1. The van der Waals surface area contributed by atoms with Crippen molar-refractivity contribution in [3.63, 3.8) is 0 Å². The first-order chi connectivity index (χ1) is 11.7. The summed E-state index contributed by atoms with van der Waals surface area (Å²) in [6.45, 7) is 2.94. The number of nitrogens with zero attached hydrogens (tertiary/aromatic N) is 2. The summed E-state index contributed by atoms with van der Waals surface area (Å²) in [5.41, 5.74) is 2.81. The topological polar surface area (TPSA) is 49.8 Å². The predicted octanol–water partition coefficient (Wildman–Crippen LogP) is 5.36. The van der Waals surface area contributed by atoms with Gasteiger partial charge >= 0.3 is 0 Å². The maximum Gasteiger partial charge on any atom is 0.225 e. The van der Waals surface area contributed by atoms with E-state index < -0.39 is 0 Å². The third-order valence-corrected chi connectivity index (χ3v) is 3.66. The van der Waals surface area contributed by atoms with E-state index in [4.69, 9.17) is 11.6 Å². The molecule has 0 saturated carbocycles. The summed E-state index contributed by atoms with van der Waals surface area (Å²) in [6.07, 6.45) is 1.01. The normalized spacial score (nSPS) is 10.4. The van der Waals surface area contributed by atoms with Crippen molar-refractivity contribution in [3.05, 3.63) is 65.7 Å². The van der Waals surface area contributed by atoms with E-state index in [9.17, 15) is 0 Å². The molecule has 3 aromatic rings. The number of rotatable bonds is 6. The lowest BCUT2D eigenvalue weighted by molar-refractivity contribution is 0.954. The minimum absolute atomic E-state index is 0.614. The van der Waals surface area contributed by atoms with Gasteiger partial charge in [0.1, 0.15) is 5.82 Å². The van der Waals surface area contributed by atoms with Gasteiger partial charge in [-0.25, -0.2) is 4.98 Å². The molecule has 0 spiro atoms. The van der Waals surface area contributed by atoms with Gasteiger partial charge in [0.15, 0.2) is 0 Å². The van der Waals surface area contributed by atoms with Crippen LogP contribution >= 0.6 is 11.6 Å². The summed E-state index contributed by atoms with van der Waals surface area (Å²) in [7, 11) is 0. The van der Waals surface area contributed by atoms with Gasteiger partial charge in [0.05, 0.1) is 5.69 Å². The zero-order valence-corrected chi connectivity index (χ0v) is 14.2. The molecule has 0 fully saturated rings. The molecule has 5 heteroatoms. The van der Waals surface area contributed by atoms with Gasteiger partial charge in [-0.15, -0.1) is 0 Å². The smallest absolute Gasteiger partial charge is 0.225 e. The molecule has 0 aliphatic heterocycles. The monoisotopic (exact) mass is 338 g/mol. The molecule has 3 rings (SSSR count). The minimum atomic E-state index is 0.614. The second-order valence-corrected chi connectivity index (χ2v) is 5.83. The van der Waals surface area contributed by atoms with Crippen molar-refractivity contribution >= 4 is 29.1 Å². The average Bonchev–Trinajstić information content (AvgIpc) is 2.60. The Morgan fingerprint density at radius 2 is 1.79 bits per heavy atom. The van der Waals surface area contributed by atoms with E-state index >= 15 is 0 Å². The summed E-state index contributed by atoms with van der Waals surface area (Å²) in [5, 5.41) is 7.23. The first-order valence-corrected chi connectivity index (χ1v) is 8.33. The van der Waals surface area contributed by atoms with Crippen molar-refractivity contribution in [2.45, 2.75) is 13.3 Å². The fourth-order valence-corrected chi connectivity index (χ4v) is 2.49. The summed E-state index contributed by atoms with van der Waals surface area (Å²) < 4.78 is 0. The third kappa shape index (κ3) is 4.24. The van der Waals surface area contributed by atoms with Crippen LogP contribution < -0.4 is 10.6 Å². The molecule has 0 atom stereocenters. The molecule has 0 aliphatic carbocycles. The van der Waals surface area contributed by atoms with Gasteiger partial charge in [-0.2, -0.15) is 4.98 Å². The van der Waals surface area contributed by atoms with Crippen LogP contribution in [-0.2, 0) is 0 Å². The van der Waals surface area contributed by atoms with Crippen molar-refractivity contribution in [2.75, 3.05) is 17.2 Å². The SMILES string of the molecule is CCCNc1nc(Nc2cccc(Cl)c2)cc(-c2ccccc2)n1. The van der Waals surface area contributed by atoms with E-state index in [1.807, 2.05) is 60.7 Å². The fraction of sp³-hybridized carbons (Fsp3) is 0.158. The number of benzene rings is 2. The van der Waals surface area contributed by atoms with E-state index in [1.165, 1.54) is 0 Å². The van der Waals surface area contributed by atoms with Crippen molar-refractivity contribution in [1.82, 2.24) is 9.97 Å². The van der Waals surface area contributed by atoms with Crippen LogP contribution in [0.4, 0.5) is 17.5 Å². The molecule has 0 radical (unpaired) electrons. The summed E-state index contributed by atoms with van der Waals surface area (Å²) >= 11 is 6.05. The van der Waals surface area contributed by atoms with Crippen LogP contribution in [0.2, 0.25) is 5.02 Å². The van der Waals surface area contributed by atoms with E-state index in [1.54, 1.807) is 0 Å². The zero-order chi connectivity index (χ0) is 16.8. The Morgan fingerprint density at radius 3 is 2.54 bits per heavy atom. The number of aromatic nitrogens is 2. The van der Waals surface area contributed by atoms with Crippen molar-refractivity contribution in [3.8, 4) is 11.3 Å². The van der Waals surface area contributed by atoms with Crippen molar-refractivity contribution < 1.29 is 0 Å². The number of anilines is 3. The van der Waals surface area contributed by atoms with Gasteiger partial charge in [-0.3, -0.25) is 0 Å². The second kappa shape index (κ2) is 7.79. The molecule has 0 aliphatic rings. The molecule has 0 unspecified atom stereocenters. The minimum Gasteiger partial charge on any atom is -0.354 e. The summed E-state index contributed by atoms with van der Waals surface area (Å²) in [4.78, 5) is 9.16. The Labute approximate surface area is 146 Å². The lowest BCUT2D eigenvalue weighted by Crippen LogP contribution is -2.06. The van der Waals surface area contributed by atoms with Crippen LogP contribution in [0.1, 0.15) is 13.3 Å². The highest BCUT2D eigenvalue weighted by atomic mass is 35.5. The highest BCUT2D eigenvalue weighted by Crippen LogP contribution is 2.24. The zero-order valence-electron chi connectivity index (χ0n) is 13.5. The molecule has 0 amide bonds. The maximum absolute atomic E-state index is 6.05. The van der Waals surface area contributed by atoms with Crippen LogP contribution in [0.25, 0.3) is 11.3 Å². The van der Waals surface area contributed by atoms with Gasteiger partial charge < -0.3 is 10.6 Å². The molecule has 1 heterocycles. The summed E-state index contributed by atoms with van der Waals surface area (Å²) in [6, 6.07) is 19.6. The molecule has 122 valence electrons. The molecular formula is C19H19ClN4. The molecule has 4 nitrogen and oxygen atoms in total. The van der Waals surface area contributed by atoms with Crippen LogP contribution in [0.15, 0.2) is 60.7 Å². The van der Waals surface area contributed by atoms with Crippen LogP contribution in [0.5, 0.6) is 0 Å². The maximum atomic E-state index is 6.05. The molecule has 2 aromatic carbocycles. The number of hydrogen-bond donors (Lipinski definition) is 2. The van der Waals surface area contributed by atoms with Crippen molar-refractivity contribution in [1.29, 1.82) is 0 Å². The van der Waals surface area contributed by atoms with E-state index in [-0.39, 0.29) is 0 Å². The summed E-state index contributed by atoms with van der Waals surface area (Å²) in [5.74, 6) is 1.34. The Hall–Kier alpha value is -2.59. The average molecular weight is 339 g/mol. The Morgan fingerprint density at radius 1 is 0.958 bits per heavy atom. The molecule has 0 saturated heterocycles. The molecule has 1 aromatic heterocycles. The predicted molar refractivity (Wildman–Crippen MR) is 101 cm³/mol. The van der Waals surface area contributed by atoms with E-state index in [0.29, 0.717) is 11.0 Å². The number of hydrogen-bond acceptors (Lipinski definition) is 4. The van der Waals surface area contributed by atoms with Gasteiger partial charge in [0, 0.05) is 28.9 Å². The second-order valence-electron chi connectivity index (χ2n) is 5.39. The Kier molecular flexibility index (Phi) is 5.29. The van der Waals surface area contributed by atoms with E-state index in [0.717, 1.165) is 35.7 Å².